The molecule has 2 nitrogen and oxygen atoms in total. The van der Waals surface area contributed by atoms with Crippen LogP contribution in [-0.4, -0.2) is 11.4 Å². The van der Waals surface area contributed by atoms with Crippen LogP contribution in [0.2, 0.25) is 0 Å². The smallest absolute Gasteiger partial charge is 0.507 e. The Morgan fingerprint density at radius 1 is 1.45 bits per heavy atom. The summed E-state index contributed by atoms with van der Waals surface area (Å²) in [5.41, 5.74) is 0.454. The molecule has 0 heterocycles. The summed E-state index contributed by atoms with van der Waals surface area (Å²) in [4.78, 5) is 10.6. The first-order valence-electron chi connectivity index (χ1n) is 2.71. The summed E-state index contributed by atoms with van der Waals surface area (Å²) in [5, 5.41) is 9.00. The maximum atomic E-state index is 10.1. The molecule has 0 amide bonds. The predicted octanol–water partition coefficient (Wildman–Crippen LogP) is -1.50. The number of benzene rings is 1. The van der Waals surface area contributed by atoms with E-state index in [1.807, 2.05) is 0 Å². The van der Waals surface area contributed by atoms with Crippen molar-refractivity contribution in [2.45, 2.75) is 4.90 Å². The van der Waals surface area contributed by atoms with Crippen molar-refractivity contribution in [3.63, 3.8) is 0 Å². The quantitative estimate of drug-likeness (QED) is 0.311. The van der Waals surface area contributed by atoms with Gasteiger partial charge in [-0.3, -0.25) is 4.79 Å². The van der Waals surface area contributed by atoms with Crippen LogP contribution in [0.1, 0.15) is 10.4 Å². The minimum atomic E-state index is 0. The van der Waals surface area contributed by atoms with Gasteiger partial charge >= 0.3 is 29.6 Å². The number of aldehydes is 1. The molecule has 4 heteroatoms. The third kappa shape index (κ3) is 2.87. The fourth-order valence-corrected chi connectivity index (χ4v) is 0.753. The van der Waals surface area contributed by atoms with E-state index in [1.54, 1.807) is 12.1 Å². The standard InChI is InChI=1S/C7H6O2S.Na/c8-4-5-1-2-7(10)6(9)3-5;/h1-4,9-10H;/q;+1. The number of thiol groups is 1. The summed E-state index contributed by atoms with van der Waals surface area (Å²) in [7, 11) is 0. The molecule has 11 heavy (non-hydrogen) atoms. The van der Waals surface area contributed by atoms with Crippen molar-refractivity contribution in [1.82, 2.24) is 0 Å². The van der Waals surface area contributed by atoms with E-state index in [1.165, 1.54) is 6.07 Å². The van der Waals surface area contributed by atoms with Crippen LogP contribution in [-0.2, 0) is 0 Å². The molecule has 0 spiro atoms. The summed E-state index contributed by atoms with van der Waals surface area (Å²) in [6, 6.07) is 4.53. The van der Waals surface area contributed by atoms with Crippen molar-refractivity contribution in [2.75, 3.05) is 0 Å². The van der Waals surface area contributed by atoms with Crippen molar-refractivity contribution in [3.05, 3.63) is 23.8 Å². The van der Waals surface area contributed by atoms with E-state index in [4.69, 9.17) is 5.11 Å². The van der Waals surface area contributed by atoms with Crippen LogP contribution >= 0.6 is 12.6 Å². The molecule has 1 aromatic carbocycles. The van der Waals surface area contributed by atoms with Gasteiger partial charge in [0.25, 0.3) is 0 Å². The minimum absolute atomic E-state index is 0. The first-order valence-corrected chi connectivity index (χ1v) is 3.16. The Morgan fingerprint density at radius 3 is 2.55 bits per heavy atom. The SMILES string of the molecule is O=Cc1ccc(S)c(O)c1.[Na+]. The van der Waals surface area contributed by atoms with E-state index in [0.29, 0.717) is 16.7 Å². The van der Waals surface area contributed by atoms with E-state index in [0.717, 1.165) is 0 Å². The van der Waals surface area contributed by atoms with Crippen molar-refractivity contribution in [2.24, 2.45) is 0 Å². The van der Waals surface area contributed by atoms with E-state index in [-0.39, 0.29) is 35.3 Å². The number of phenols is 1. The van der Waals surface area contributed by atoms with Gasteiger partial charge in [0, 0.05) is 10.5 Å². The van der Waals surface area contributed by atoms with E-state index >= 15 is 0 Å². The third-order valence-corrected chi connectivity index (χ3v) is 1.51. The maximum Gasteiger partial charge on any atom is 1.00 e. The van der Waals surface area contributed by atoms with Crippen molar-refractivity contribution < 1.29 is 39.5 Å². The van der Waals surface area contributed by atoms with Gasteiger partial charge in [0.2, 0.25) is 0 Å². The molecule has 0 atom stereocenters. The van der Waals surface area contributed by atoms with Crippen LogP contribution in [0.3, 0.4) is 0 Å². The van der Waals surface area contributed by atoms with Gasteiger partial charge in [-0.1, -0.05) is 6.07 Å². The molecule has 0 saturated carbocycles. The normalized spacial score (nSPS) is 8.45. The molecule has 1 aromatic rings. The van der Waals surface area contributed by atoms with Gasteiger partial charge in [0.15, 0.2) is 0 Å². The second kappa shape index (κ2) is 4.83. The molecular formula is C7H6NaO2S+. The van der Waals surface area contributed by atoms with Gasteiger partial charge in [-0.15, -0.1) is 12.6 Å². The number of carbonyl (C=O) groups excluding carboxylic acids is 1. The first kappa shape index (κ1) is 11.0. The fraction of sp³-hybridized carbons (Fsp3) is 0. The Bertz CT molecular complexity index is 263. The number of phenolic OH excluding ortho intramolecular Hbond substituents is 1. The average molecular weight is 177 g/mol. The van der Waals surface area contributed by atoms with Crippen molar-refractivity contribution >= 4 is 18.9 Å². The Hall–Kier alpha value is 0.0400. The molecule has 0 aromatic heterocycles. The molecule has 1 rings (SSSR count). The molecule has 0 saturated heterocycles. The summed E-state index contributed by atoms with van der Waals surface area (Å²) >= 11 is 3.92. The molecule has 0 aliphatic rings. The molecule has 0 radical (unpaired) electrons. The van der Waals surface area contributed by atoms with Gasteiger partial charge in [-0.25, -0.2) is 0 Å². The molecule has 0 unspecified atom stereocenters. The van der Waals surface area contributed by atoms with E-state index < -0.39 is 0 Å². The van der Waals surface area contributed by atoms with Crippen LogP contribution in [0.25, 0.3) is 0 Å². The van der Waals surface area contributed by atoms with Gasteiger partial charge in [0.05, 0.1) is 0 Å². The topological polar surface area (TPSA) is 37.3 Å². The molecule has 52 valence electrons. The molecule has 0 aliphatic carbocycles. The van der Waals surface area contributed by atoms with E-state index in [9.17, 15) is 4.79 Å². The Labute approximate surface area is 92.3 Å². The zero-order valence-corrected chi connectivity index (χ0v) is 9.01. The second-order valence-electron chi connectivity index (χ2n) is 1.87. The van der Waals surface area contributed by atoms with E-state index in [2.05, 4.69) is 12.6 Å². The Balaban J connectivity index is 0.000001000. The molecular weight excluding hydrogens is 171 g/mol. The Morgan fingerprint density at radius 2 is 2.09 bits per heavy atom. The van der Waals surface area contributed by atoms with Gasteiger partial charge in [0.1, 0.15) is 12.0 Å². The van der Waals surface area contributed by atoms with Gasteiger partial charge in [-0.05, 0) is 12.1 Å². The van der Waals surface area contributed by atoms with Gasteiger partial charge in [-0.2, -0.15) is 0 Å². The monoisotopic (exact) mass is 177 g/mol. The van der Waals surface area contributed by atoms with Gasteiger partial charge < -0.3 is 5.11 Å². The Kier molecular flexibility index (Phi) is 4.84. The number of aromatic hydroxyl groups is 1. The van der Waals surface area contributed by atoms with Crippen LogP contribution < -0.4 is 29.6 Å². The van der Waals surface area contributed by atoms with Crippen molar-refractivity contribution in [3.8, 4) is 5.75 Å². The summed E-state index contributed by atoms with van der Waals surface area (Å²) in [6.07, 6.45) is 0.674. The molecule has 0 aliphatic heterocycles. The molecule has 0 fully saturated rings. The summed E-state index contributed by atoms with van der Waals surface area (Å²) < 4.78 is 0. The maximum absolute atomic E-state index is 10.1. The predicted molar refractivity (Wildman–Crippen MR) is 40.7 cm³/mol. The zero-order valence-electron chi connectivity index (χ0n) is 6.11. The van der Waals surface area contributed by atoms with Crippen LogP contribution in [0.5, 0.6) is 5.75 Å². The van der Waals surface area contributed by atoms with Crippen LogP contribution in [0.15, 0.2) is 23.1 Å². The number of hydrogen-bond donors (Lipinski definition) is 2. The number of rotatable bonds is 1. The number of hydrogen-bond acceptors (Lipinski definition) is 3. The summed E-state index contributed by atoms with van der Waals surface area (Å²) in [6.45, 7) is 0. The molecule has 1 N–H and O–H groups in total. The summed E-state index contributed by atoms with van der Waals surface area (Å²) in [5.74, 6) is 0.0351. The largest absolute Gasteiger partial charge is 1.00 e. The fourth-order valence-electron chi connectivity index (χ4n) is 0.614. The number of carbonyl (C=O) groups is 1. The van der Waals surface area contributed by atoms with Crippen molar-refractivity contribution in [1.29, 1.82) is 0 Å². The molecule has 0 bridgehead atoms. The zero-order chi connectivity index (χ0) is 7.56. The third-order valence-electron chi connectivity index (χ3n) is 1.14. The van der Waals surface area contributed by atoms with Crippen LogP contribution in [0, 0.1) is 0 Å². The average Bonchev–Trinajstić information content (AvgIpc) is 1.95. The minimum Gasteiger partial charge on any atom is -0.507 e. The van der Waals surface area contributed by atoms with Crippen LogP contribution in [0.4, 0.5) is 0 Å². The second-order valence-corrected chi connectivity index (χ2v) is 2.35. The first-order chi connectivity index (χ1) is 4.74.